The van der Waals surface area contributed by atoms with Crippen molar-refractivity contribution in [3.05, 3.63) is 0 Å². The molecule has 2 heteroatoms. The fourth-order valence-electron chi connectivity index (χ4n) is 1.61. The third-order valence-electron chi connectivity index (χ3n) is 2.29. The molecule has 0 aromatic rings. The first-order chi connectivity index (χ1) is 5.99. The third-order valence-corrected chi connectivity index (χ3v) is 2.29. The first-order valence-corrected chi connectivity index (χ1v) is 5.13. The summed E-state index contributed by atoms with van der Waals surface area (Å²) in [7, 11) is 0. The summed E-state index contributed by atoms with van der Waals surface area (Å²) in [5.41, 5.74) is 0.185. The van der Waals surface area contributed by atoms with Gasteiger partial charge in [0.2, 0.25) is 0 Å². The van der Waals surface area contributed by atoms with Gasteiger partial charge in [0.25, 0.3) is 0 Å². The smallest absolute Gasteiger partial charge is 0.161 e. The Hall–Kier alpha value is -0.370. The van der Waals surface area contributed by atoms with Gasteiger partial charge in [0, 0.05) is 13.0 Å². The number of Topliss-reactive ketones (excluding diaryl/α,β-unsaturated/α-hetero) is 1. The zero-order valence-electron chi connectivity index (χ0n) is 8.93. The topological polar surface area (TPSA) is 26.3 Å². The van der Waals surface area contributed by atoms with E-state index in [1.54, 1.807) is 0 Å². The van der Waals surface area contributed by atoms with E-state index in [4.69, 9.17) is 4.74 Å². The molecule has 76 valence electrons. The average Bonchev–Trinajstić information content (AvgIpc) is 2.14. The third kappa shape index (κ3) is 3.90. The zero-order valence-corrected chi connectivity index (χ0v) is 8.93. The van der Waals surface area contributed by atoms with Gasteiger partial charge in [0.15, 0.2) is 5.78 Å². The number of ether oxygens (including phenoxy) is 1. The molecule has 0 saturated carbocycles. The number of carbonyl (C=O) groups is 1. The van der Waals surface area contributed by atoms with Gasteiger partial charge < -0.3 is 4.74 Å². The number of rotatable bonds is 1. The van der Waals surface area contributed by atoms with Gasteiger partial charge in [-0.2, -0.15) is 0 Å². The Morgan fingerprint density at radius 1 is 1.38 bits per heavy atom. The van der Waals surface area contributed by atoms with Crippen LogP contribution in [0.4, 0.5) is 0 Å². The molecule has 1 aliphatic rings. The highest BCUT2D eigenvalue weighted by atomic mass is 16.5. The van der Waals surface area contributed by atoms with Crippen molar-refractivity contribution >= 4 is 5.78 Å². The maximum Gasteiger partial charge on any atom is 0.161 e. The molecule has 1 unspecified atom stereocenters. The van der Waals surface area contributed by atoms with E-state index in [0.717, 1.165) is 25.9 Å². The van der Waals surface area contributed by atoms with E-state index >= 15 is 0 Å². The maximum absolute atomic E-state index is 11.6. The van der Waals surface area contributed by atoms with E-state index in [1.165, 1.54) is 0 Å². The van der Waals surface area contributed by atoms with E-state index < -0.39 is 0 Å². The van der Waals surface area contributed by atoms with Gasteiger partial charge >= 0.3 is 0 Å². The molecular weight excluding hydrogens is 164 g/mol. The summed E-state index contributed by atoms with van der Waals surface area (Å²) in [6.45, 7) is 7.20. The lowest BCUT2D eigenvalue weighted by molar-refractivity contribution is -0.130. The number of carbonyl (C=O) groups excluding carboxylic acids is 1. The van der Waals surface area contributed by atoms with Crippen molar-refractivity contribution in [2.75, 3.05) is 6.61 Å². The second-order valence-corrected chi connectivity index (χ2v) is 5.05. The summed E-state index contributed by atoms with van der Waals surface area (Å²) >= 11 is 0. The number of hydrogen-bond acceptors (Lipinski definition) is 2. The van der Waals surface area contributed by atoms with Crippen LogP contribution < -0.4 is 0 Å². The highest BCUT2D eigenvalue weighted by Gasteiger charge is 2.26. The summed E-state index contributed by atoms with van der Waals surface area (Å²) in [5, 5.41) is 0. The van der Waals surface area contributed by atoms with Crippen molar-refractivity contribution in [3.8, 4) is 0 Å². The zero-order chi connectivity index (χ0) is 9.90. The van der Waals surface area contributed by atoms with Crippen molar-refractivity contribution in [1.29, 1.82) is 0 Å². The fourth-order valence-corrected chi connectivity index (χ4v) is 1.61. The molecule has 0 N–H and O–H groups in total. The molecule has 1 heterocycles. The SMILES string of the molecule is CC(C)(C)CC1OCCCCC1=O. The normalized spacial score (nSPS) is 25.8. The Kier molecular flexibility index (Phi) is 3.48. The molecule has 1 rings (SSSR count). The van der Waals surface area contributed by atoms with Crippen LogP contribution in [0.3, 0.4) is 0 Å². The van der Waals surface area contributed by atoms with Crippen LogP contribution in [0, 0.1) is 5.41 Å². The Bertz CT molecular complexity index is 179. The van der Waals surface area contributed by atoms with E-state index in [2.05, 4.69) is 20.8 Å². The van der Waals surface area contributed by atoms with Crippen molar-refractivity contribution in [2.24, 2.45) is 5.41 Å². The average molecular weight is 184 g/mol. The van der Waals surface area contributed by atoms with E-state index in [0.29, 0.717) is 12.2 Å². The van der Waals surface area contributed by atoms with Crippen LogP contribution in [0.1, 0.15) is 46.5 Å². The highest BCUT2D eigenvalue weighted by molar-refractivity contribution is 5.83. The van der Waals surface area contributed by atoms with Crippen LogP contribution in [-0.4, -0.2) is 18.5 Å². The molecule has 13 heavy (non-hydrogen) atoms. The Labute approximate surface area is 80.7 Å². The fraction of sp³-hybridized carbons (Fsp3) is 0.909. The Morgan fingerprint density at radius 3 is 2.69 bits per heavy atom. The lowest BCUT2D eigenvalue weighted by Gasteiger charge is -2.23. The second kappa shape index (κ2) is 4.23. The molecule has 0 aliphatic carbocycles. The quantitative estimate of drug-likeness (QED) is 0.626. The summed E-state index contributed by atoms with van der Waals surface area (Å²) in [5.74, 6) is 0.299. The lowest BCUT2D eigenvalue weighted by atomic mass is 9.87. The van der Waals surface area contributed by atoms with Crippen molar-refractivity contribution in [1.82, 2.24) is 0 Å². The minimum atomic E-state index is -0.137. The van der Waals surface area contributed by atoms with Gasteiger partial charge in [0.05, 0.1) is 0 Å². The minimum absolute atomic E-state index is 0.137. The molecule has 0 aromatic carbocycles. The standard InChI is InChI=1S/C11H20O2/c1-11(2,3)8-10-9(12)6-4-5-7-13-10/h10H,4-8H2,1-3H3. The summed E-state index contributed by atoms with van der Waals surface area (Å²) in [6.07, 6.45) is 3.46. The van der Waals surface area contributed by atoms with Crippen LogP contribution in [0.5, 0.6) is 0 Å². The summed E-state index contributed by atoms with van der Waals surface area (Å²) < 4.78 is 5.54. The largest absolute Gasteiger partial charge is 0.370 e. The van der Waals surface area contributed by atoms with Crippen LogP contribution in [0.25, 0.3) is 0 Å². The monoisotopic (exact) mass is 184 g/mol. The maximum atomic E-state index is 11.6. The van der Waals surface area contributed by atoms with Gasteiger partial charge in [-0.05, 0) is 24.7 Å². The predicted molar refractivity (Wildman–Crippen MR) is 52.7 cm³/mol. The highest BCUT2D eigenvalue weighted by Crippen LogP contribution is 2.25. The molecule has 1 atom stereocenters. The lowest BCUT2D eigenvalue weighted by Crippen LogP contribution is -2.27. The van der Waals surface area contributed by atoms with Gasteiger partial charge in [-0.1, -0.05) is 20.8 Å². The van der Waals surface area contributed by atoms with Gasteiger partial charge in [-0.15, -0.1) is 0 Å². The van der Waals surface area contributed by atoms with E-state index in [9.17, 15) is 4.79 Å². The molecule has 1 saturated heterocycles. The molecule has 0 spiro atoms. The summed E-state index contributed by atoms with van der Waals surface area (Å²) in [6, 6.07) is 0. The predicted octanol–water partition coefficient (Wildman–Crippen LogP) is 2.56. The Balaban J connectivity index is 2.50. The molecule has 0 radical (unpaired) electrons. The number of ketones is 1. The van der Waals surface area contributed by atoms with Crippen LogP contribution in [0.15, 0.2) is 0 Å². The molecule has 1 fully saturated rings. The van der Waals surface area contributed by atoms with Gasteiger partial charge in [-0.3, -0.25) is 4.79 Å². The first-order valence-electron chi connectivity index (χ1n) is 5.13. The van der Waals surface area contributed by atoms with Crippen LogP contribution >= 0.6 is 0 Å². The molecular formula is C11H20O2. The van der Waals surface area contributed by atoms with Gasteiger partial charge in [-0.25, -0.2) is 0 Å². The van der Waals surface area contributed by atoms with Gasteiger partial charge in [0.1, 0.15) is 6.10 Å². The first kappa shape index (κ1) is 10.7. The molecule has 2 nitrogen and oxygen atoms in total. The molecule has 0 bridgehead atoms. The van der Waals surface area contributed by atoms with E-state index in [1.807, 2.05) is 0 Å². The second-order valence-electron chi connectivity index (χ2n) is 5.05. The Morgan fingerprint density at radius 2 is 2.08 bits per heavy atom. The van der Waals surface area contributed by atoms with E-state index in [-0.39, 0.29) is 11.5 Å². The van der Waals surface area contributed by atoms with Crippen molar-refractivity contribution < 1.29 is 9.53 Å². The summed E-state index contributed by atoms with van der Waals surface area (Å²) in [4.78, 5) is 11.6. The van der Waals surface area contributed by atoms with Crippen molar-refractivity contribution in [3.63, 3.8) is 0 Å². The minimum Gasteiger partial charge on any atom is -0.370 e. The molecule has 0 aromatic heterocycles. The van der Waals surface area contributed by atoms with Crippen LogP contribution in [0.2, 0.25) is 0 Å². The van der Waals surface area contributed by atoms with Crippen molar-refractivity contribution in [2.45, 2.75) is 52.6 Å². The van der Waals surface area contributed by atoms with Crippen LogP contribution in [-0.2, 0) is 9.53 Å². The molecule has 1 aliphatic heterocycles. The molecule has 0 amide bonds. The number of hydrogen-bond donors (Lipinski definition) is 0.